The number of nitrogens with zero attached hydrogens (tertiary/aromatic N) is 1. The summed E-state index contributed by atoms with van der Waals surface area (Å²) in [6.07, 6.45) is 2.01. The first-order chi connectivity index (χ1) is 9.95. The minimum atomic E-state index is -0.681. The molecule has 0 aliphatic carbocycles. The maximum absolute atomic E-state index is 12.1. The highest BCUT2D eigenvalue weighted by Gasteiger charge is 2.15. The summed E-state index contributed by atoms with van der Waals surface area (Å²) in [5.41, 5.74) is 7.64. The van der Waals surface area contributed by atoms with Crippen LogP contribution in [0, 0.1) is 6.92 Å². The molecule has 1 atom stereocenters. The molecule has 110 valence electrons. The van der Waals surface area contributed by atoms with Crippen molar-refractivity contribution in [3.63, 3.8) is 0 Å². The third-order valence-electron chi connectivity index (χ3n) is 3.02. The number of halogens is 1. The predicted molar refractivity (Wildman–Crippen MR) is 85.1 cm³/mol. The zero-order chi connectivity index (χ0) is 15.4. The molecule has 0 saturated heterocycles. The van der Waals surface area contributed by atoms with E-state index in [4.69, 9.17) is 5.73 Å². The zero-order valence-electron chi connectivity index (χ0n) is 11.5. The molecule has 0 fully saturated rings. The summed E-state index contributed by atoms with van der Waals surface area (Å²) >= 11 is 3.32. The lowest BCUT2D eigenvalue weighted by Gasteiger charge is -2.13. The van der Waals surface area contributed by atoms with Crippen LogP contribution in [-0.2, 0) is 11.2 Å². The van der Waals surface area contributed by atoms with Gasteiger partial charge in [-0.1, -0.05) is 12.1 Å². The SMILES string of the molecule is Cc1cc(Br)cnc1NC(=O)[C@@H](N)Cc1ccc(O)cc1. The fourth-order valence-electron chi connectivity index (χ4n) is 1.86. The monoisotopic (exact) mass is 349 g/mol. The Labute approximate surface area is 131 Å². The second-order valence-corrected chi connectivity index (χ2v) is 5.70. The van der Waals surface area contributed by atoms with Crippen molar-refractivity contribution in [1.29, 1.82) is 0 Å². The van der Waals surface area contributed by atoms with E-state index in [0.717, 1.165) is 15.6 Å². The van der Waals surface area contributed by atoms with Crippen LogP contribution in [-0.4, -0.2) is 22.0 Å². The van der Waals surface area contributed by atoms with E-state index in [9.17, 15) is 9.90 Å². The van der Waals surface area contributed by atoms with E-state index in [0.29, 0.717) is 12.2 Å². The quantitative estimate of drug-likeness (QED) is 0.790. The number of phenols is 1. The van der Waals surface area contributed by atoms with Gasteiger partial charge >= 0.3 is 0 Å². The molecule has 0 saturated carbocycles. The van der Waals surface area contributed by atoms with Gasteiger partial charge in [0.1, 0.15) is 11.6 Å². The molecular weight excluding hydrogens is 334 g/mol. The van der Waals surface area contributed by atoms with Gasteiger partial charge in [0.15, 0.2) is 0 Å². The minimum absolute atomic E-state index is 0.187. The Bertz CT molecular complexity index is 644. The number of carbonyl (C=O) groups excluding carboxylic acids is 1. The Morgan fingerprint density at radius 1 is 1.43 bits per heavy atom. The first kappa shape index (κ1) is 15.5. The molecule has 0 aliphatic heterocycles. The molecule has 0 aliphatic rings. The summed E-state index contributed by atoms with van der Waals surface area (Å²) in [4.78, 5) is 16.2. The number of amides is 1. The summed E-state index contributed by atoms with van der Waals surface area (Å²) in [5.74, 6) is 0.400. The van der Waals surface area contributed by atoms with Crippen LogP contribution in [0.1, 0.15) is 11.1 Å². The maximum Gasteiger partial charge on any atom is 0.242 e. The largest absolute Gasteiger partial charge is 0.508 e. The molecule has 1 amide bonds. The van der Waals surface area contributed by atoms with E-state index in [1.54, 1.807) is 30.5 Å². The Morgan fingerprint density at radius 2 is 2.10 bits per heavy atom. The fourth-order valence-corrected chi connectivity index (χ4v) is 2.31. The number of benzene rings is 1. The topological polar surface area (TPSA) is 88.2 Å². The van der Waals surface area contributed by atoms with Gasteiger partial charge in [0, 0.05) is 10.7 Å². The van der Waals surface area contributed by atoms with E-state index in [2.05, 4.69) is 26.2 Å². The first-order valence-electron chi connectivity index (χ1n) is 6.42. The molecule has 0 spiro atoms. The number of nitrogens with one attached hydrogen (secondary N) is 1. The van der Waals surface area contributed by atoms with Gasteiger partial charge in [0.25, 0.3) is 0 Å². The smallest absolute Gasteiger partial charge is 0.242 e. The number of hydrogen-bond acceptors (Lipinski definition) is 4. The van der Waals surface area contributed by atoms with Crippen molar-refractivity contribution in [3.8, 4) is 5.75 Å². The Kier molecular flexibility index (Phi) is 4.93. The molecule has 4 N–H and O–H groups in total. The van der Waals surface area contributed by atoms with Crippen LogP contribution in [0.3, 0.4) is 0 Å². The number of aromatic hydroxyl groups is 1. The van der Waals surface area contributed by atoms with Crippen LogP contribution in [0.25, 0.3) is 0 Å². The fraction of sp³-hybridized carbons (Fsp3) is 0.200. The lowest BCUT2D eigenvalue weighted by molar-refractivity contribution is -0.117. The van der Waals surface area contributed by atoms with E-state index < -0.39 is 6.04 Å². The molecule has 5 nitrogen and oxygen atoms in total. The van der Waals surface area contributed by atoms with Crippen molar-refractivity contribution in [1.82, 2.24) is 4.98 Å². The zero-order valence-corrected chi connectivity index (χ0v) is 13.1. The lowest BCUT2D eigenvalue weighted by Crippen LogP contribution is -2.37. The number of hydrogen-bond donors (Lipinski definition) is 3. The van der Waals surface area contributed by atoms with Gasteiger partial charge in [-0.15, -0.1) is 0 Å². The molecular formula is C15H16BrN3O2. The summed E-state index contributed by atoms with van der Waals surface area (Å²) in [6.45, 7) is 1.86. The Hall–Kier alpha value is -1.92. The van der Waals surface area contributed by atoms with Gasteiger partial charge in [0.2, 0.25) is 5.91 Å². The molecule has 1 heterocycles. The summed E-state index contributed by atoms with van der Waals surface area (Å²) in [5, 5.41) is 11.9. The van der Waals surface area contributed by atoms with Crippen LogP contribution in [0.15, 0.2) is 41.0 Å². The van der Waals surface area contributed by atoms with Gasteiger partial charge in [-0.25, -0.2) is 4.98 Å². The lowest BCUT2D eigenvalue weighted by atomic mass is 10.1. The maximum atomic E-state index is 12.1. The van der Waals surface area contributed by atoms with Gasteiger partial charge in [0.05, 0.1) is 6.04 Å². The van der Waals surface area contributed by atoms with Crippen LogP contribution < -0.4 is 11.1 Å². The van der Waals surface area contributed by atoms with Gasteiger partial charge in [-0.3, -0.25) is 4.79 Å². The van der Waals surface area contributed by atoms with Crippen LogP contribution >= 0.6 is 15.9 Å². The average Bonchev–Trinajstić information content (AvgIpc) is 2.44. The van der Waals surface area contributed by atoms with Gasteiger partial charge in [-0.05, 0) is 58.6 Å². The predicted octanol–water partition coefficient (Wildman–Crippen LogP) is 2.37. The van der Waals surface area contributed by atoms with Crippen molar-refractivity contribution in [3.05, 3.63) is 52.1 Å². The van der Waals surface area contributed by atoms with Crippen LogP contribution in [0.5, 0.6) is 5.75 Å². The number of nitrogens with two attached hydrogens (primary N) is 1. The van der Waals surface area contributed by atoms with E-state index in [1.165, 1.54) is 0 Å². The number of carbonyl (C=O) groups is 1. The molecule has 0 bridgehead atoms. The highest BCUT2D eigenvalue weighted by Crippen LogP contribution is 2.17. The summed E-state index contributed by atoms with van der Waals surface area (Å²) in [7, 11) is 0. The third-order valence-corrected chi connectivity index (χ3v) is 3.45. The molecule has 21 heavy (non-hydrogen) atoms. The van der Waals surface area contributed by atoms with E-state index in [-0.39, 0.29) is 11.7 Å². The highest BCUT2D eigenvalue weighted by molar-refractivity contribution is 9.10. The van der Waals surface area contributed by atoms with Gasteiger partial charge in [-0.2, -0.15) is 0 Å². The Morgan fingerprint density at radius 3 is 2.71 bits per heavy atom. The molecule has 2 aromatic rings. The molecule has 6 heteroatoms. The van der Waals surface area contributed by atoms with E-state index >= 15 is 0 Å². The normalized spacial score (nSPS) is 12.0. The van der Waals surface area contributed by atoms with Crippen molar-refractivity contribution < 1.29 is 9.90 Å². The average molecular weight is 350 g/mol. The standard InChI is InChI=1S/C15H16BrN3O2/c1-9-6-11(16)8-18-14(9)19-15(21)13(17)7-10-2-4-12(20)5-3-10/h2-6,8,13,20H,7,17H2,1H3,(H,18,19,21)/t13-/m0/s1. The summed E-state index contributed by atoms with van der Waals surface area (Å²) in [6, 6.07) is 7.81. The second kappa shape index (κ2) is 6.69. The number of aromatic nitrogens is 1. The van der Waals surface area contributed by atoms with Crippen molar-refractivity contribution in [2.24, 2.45) is 5.73 Å². The summed E-state index contributed by atoms with van der Waals surface area (Å²) < 4.78 is 0.853. The van der Waals surface area contributed by atoms with Crippen molar-refractivity contribution in [2.45, 2.75) is 19.4 Å². The molecule has 0 radical (unpaired) electrons. The number of anilines is 1. The number of phenolic OH excluding ortho intramolecular Hbond substituents is 1. The first-order valence-corrected chi connectivity index (χ1v) is 7.21. The van der Waals surface area contributed by atoms with Crippen LogP contribution in [0.4, 0.5) is 5.82 Å². The second-order valence-electron chi connectivity index (χ2n) is 4.79. The number of rotatable bonds is 4. The highest BCUT2D eigenvalue weighted by atomic mass is 79.9. The minimum Gasteiger partial charge on any atom is -0.508 e. The van der Waals surface area contributed by atoms with Crippen molar-refractivity contribution in [2.75, 3.05) is 5.32 Å². The van der Waals surface area contributed by atoms with Crippen molar-refractivity contribution >= 4 is 27.7 Å². The Balaban J connectivity index is 2.00. The number of aryl methyl sites for hydroxylation is 1. The third kappa shape index (κ3) is 4.27. The molecule has 1 aromatic carbocycles. The van der Waals surface area contributed by atoms with Crippen LogP contribution in [0.2, 0.25) is 0 Å². The molecule has 2 rings (SSSR count). The molecule has 1 aromatic heterocycles. The number of pyridine rings is 1. The van der Waals surface area contributed by atoms with E-state index in [1.807, 2.05) is 13.0 Å². The molecule has 0 unspecified atom stereocenters. The van der Waals surface area contributed by atoms with Gasteiger partial charge < -0.3 is 16.2 Å².